The average Bonchev–Trinajstić information content (AvgIpc) is 2.45. The van der Waals surface area contributed by atoms with Gasteiger partial charge < -0.3 is 15.8 Å². The summed E-state index contributed by atoms with van der Waals surface area (Å²) in [6, 6.07) is 3.94. The lowest BCUT2D eigenvalue weighted by Crippen LogP contribution is -2.35. The van der Waals surface area contributed by atoms with E-state index in [2.05, 4.69) is 10.1 Å². The second-order valence-corrected chi connectivity index (χ2v) is 4.83. The number of nitrogens with two attached hydrogens (primary N) is 1. The number of methoxy groups -OCH3 is 1. The minimum Gasteiger partial charge on any atom is -0.465 e. The van der Waals surface area contributed by atoms with Gasteiger partial charge in [-0.15, -0.1) is 0 Å². The summed E-state index contributed by atoms with van der Waals surface area (Å²) >= 11 is 5.99. The van der Waals surface area contributed by atoms with Crippen LogP contribution in [0.15, 0.2) is 18.2 Å². The van der Waals surface area contributed by atoms with Crippen LogP contribution in [-0.2, 0) is 9.53 Å². The number of nitrogens with one attached hydrogen (secondary N) is 1. The van der Waals surface area contributed by atoms with Gasteiger partial charge in [-0.3, -0.25) is 4.79 Å². The number of carbonyl (C=O) groups excluding carboxylic acids is 2. The molecule has 110 valence electrons. The van der Waals surface area contributed by atoms with E-state index in [1.165, 1.54) is 25.3 Å². The van der Waals surface area contributed by atoms with Gasteiger partial charge in [0.2, 0.25) is 5.91 Å². The van der Waals surface area contributed by atoms with Crippen molar-refractivity contribution in [2.24, 2.45) is 5.73 Å². The highest BCUT2D eigenvalue weighted by molar-refractivity contribution is 6.33. The normalized spacial score (nSPS) is 11.8. The number of unbranched alkanes of at least 4 members (excludes halogenated alkanes) is 1. The van der Waals surface area contributed by atoms with Crippen molar-refractivity contribution in [3.05, 3.63) is 28.8 Å². The first-order valence-electron chi connectivity index (χ1n) is 6.44. The molecular formula is C14H19ClN2O3. The Morgan fingerprint density at radius 3 is 2.75 bits per heavy atom. The summed E-state index contributed by atoms with van der Waals surface area (Å²) in [5.74, 6) is -0.810. The molecule has 0 saturated heterocycles. The maximum absolute atomic E-state index is 11.9. The number of ether oxygens (including phenoxy) is 1. The van der Waals surface area contributed by atoms with E-state index >= 15 is 0 Å². The lowest BCUT2D eigenvalue weighted by atomic mass is 10.1. The molecule has 0 aliphatic carbocycles. The fraction of sp³-hybridized carbons (Fsp3) is 0.429. The molecule has 0 aliphatic heterocycles. The van der Waals surface area contributed by atoms with Crippen molar-refractivity contribution in [1.82, 2.24) is 0 Å². The van der Waals surface area contributed by atoms with E-state index in [1.54, 1.807) is 0 Å². The number of anilines is 1. The fourth-order valence-corrected chi connectivity index (χ4v) is 1.81. The first-order valence-corrected chi connectivity index (χ1v) is 6.81. The lowest BCUT2D eigenvalue weighted by Gasteiger charge is -2.13. The zero-order valence-corrected chi connectivity index (χ0v) is 12.4. The largest absolute Gasteiger partial charge is 0.465 e. The number of esters is 1. The number of carbonyl (C=O) groups is 2. The summed E-state index contributed by atoms with van der Waals surface area (Å²) in [4.78, 5) is 23.3. The molecule has 6 heteroatoms. The van der Waals surface area contributed by atoms with E-state index in [4.69, 9.17) is 17.3 Å². The van der Waals surface area contributed by atoms with Crippen LogP contribution >= 0.6 is 11.6 Å². The van der Waals surface area contributed by atoms with E-state index in [0.29, 0.717) is 22.7 Å². The maximum Gasteiger partial charge on any atom is 0.337 e. The molecular weight excluding hydrogens is 280 g/mol. The van der Waals surface area contributed by atoms with Crippen LogP contribution in [0.25, 0.3) is 0 Å². The predicted octanol–water partition coefficient (Wildman–Crippen LogP) is 2.58. The van der Waals surface area contributed by atoms with Crippen LogP contribution in [0, 0.1) is 0 Å². The van der Waals surface area contributed by atoms with Gasteiger partial charge >= 0.3 is 5.97 Å². The molecule has 1 rings (SSSR count). The molecule has 0 aliphatic rings. The van der Waals surface area contributed by atoms with E-state index < -0.39 is 12.0 Å². The first-order chi connectivity index (χ1) is 9.49. The minimum absolute atomic E-state index is 0.314. The number of amides is 1. The second-order valence-electron chi connectivity index (χ2n) is 4.42. The fourth-order valence-electron chi connectivity index (χ4n) is 1.65. The Morgan fingerprint density at radius 2 is 2.15 bits per heavy atom. The highest BCUT2D eigenvalue weighted by Crippen LogP contribution is 2.23. The highest BCUT2D eigenvalue weighted by Gasteiger charge is 2.16. The SMILES string of the molecule is CCCCC(N)C(=O)Nc1cc(C(=O)OC)ccc1Cl. The Balaban J connectivity index is 2.80. The average molecular weight is 299 g/mol. The van der Waals surface area contributed by atoms with Crippen LogP contribution in [-0.4, -0.2) is 25.0 Å². The van der Waals surface area contributed by atoms with Gasteiger partial charge in [0, 0.05) is 0 Å². The number of hydrogen-bond donors (Lipinski definition) is 2. The monoisotopic (exact) mass is 298 g/mol. The van der Waals surface area contributed by atoms with Crippen molar-refractivity contribution in [1.29, 1.82) is 0 Å². The summed E-state index contributed by atoms with van der Waals surface area (Å²) in [6.07, 6.45) is 2.46. The smallest absolute Gasteiger partial charge is 0.337 e. The van der Waals surface area contributed by atoms with E-state index in [9.17, 15) is 9.59 Å². The molecule has 20 heavy (non-hydrogen) atoms. The van der Waals surface area contributed by atoms with E-state index in [-0.39, 0.29) is 5.91 Å². The molecule has 0 heterocycles. The van der Waals surface area contributed by atoms with Gasteiger partial charge in [-0.1, -0.05) is 31.4 Å². The topological polar surface area (TPSA) is 81.4 Å². The van der Waals surface area contributed by atoms with Crippen LogP contribution in [0.4, 0.5) is 5.69 Å². The van der Waals surface area contributed by atoms with Crippen molar-refractivity contribution in [3.8, 4) is 0 Å². The van der Waals surface area contributed by atoms with Gasteiger partial charge in [0.15, 0.2) is 0 Å². The third kappa shape index (κ3) is 4.51. The molecule has 0 spiro atoms. The van der Waals surface area contributed by atoms with Gasteiger partial charge in [0.1, 0.15) is 0 Å². The highest BCUT2D eigenvalue weighted by atomic mass is 35.5. The molecule has 0 aromatic heterocycles. The zero-order chi connectivity index (χ0) is 15.1. The molecule has 0 fully saturated rings. The third-order valence-electron chi connectivity index (χ3n) is 2.85. The lowest BCUT2D eigenvalue weighted by molar-refractivity contribution is -0.117. The predicted molar refractivity (Wildman–Crippen MR) is 78.9 cm³/mol. The van der Waals surface area contributed by atoms with Gasteiger partial charge in [0.25, 0.3) is 0 Å². The van der Waals surface area contributed by atoms with Crippen LogP contribution in [0.3, 0.4) is 0 Å². The Labute approximate surface area is 123 Å². The number of halogens is 1. The summed E-state index contributed by atoms with van der Waals surface area (Å²) in [5.41, 5.74) is 6.45. The molecule has 5 nitrogen and oxygen atoms in total. The van der Waals surface area contributed by atoms with Crippen molar-refractivity contribution in [3.63, 3.8) is 0 Å². The van der Waals surface area contributed by atoms with Crippen molar-refractivity contribution in [2.45, 2.75) is 32.2 Å². The van der Waals surface area contributed by atoms with Crippen molar-refractivity contribution >= 4 is 29.2 Å². The van der Waals surface area contributed by atoms with Gasteiger partial charge in [-0.05, 0) is 24.6 Å². The Hall–Kier alpha value is -1.59. The molecule has 1 unspecified atom stereocenters. The Bertz CT molecular complexity index is 491. The minimum atomic E-state index is -0.590. The summed E-state index contributed by atoms with van der Waals surface area (Å²) in [7, 11) is 1.29. The number of rotatable bonds is 6. The Morgan fingerprint density at radius 1 is 1.45 bits per heavy atom. The number of benzene rings is 1. The van der Waals surface area contributed by atoms with Crippen LogP contribution in [0.2, 0.25) is 5.02 Å². The molecule has 0 saturated carbocycles. The van der Waals surface area contributed by atoms with Crippen LogP contribution in [0.5, 0.6) is 0 Å². The quantitative estimate of drug-likeness (QED) is 0.791. The molecule has 1 aromatic rings. The third-order valence-corrected chi connectivity index (χ3v) is 3.18. The van der Waals surface area contributed by atoms with Gasteiger partial charge in [-0.25, -0.2) is 4.79 Å². The molecule has 1 aromatic carbocycles. The van der Waals surface area contributed by atoms with Gasteiger partial charge in [-0.2, -0.15) is 0 Å². The molecule has 1 atom stereocenters. The molecule has 1 amide bonds. The zero-order valence-electron chi connectivity index (χ0n) is 11.6. The van der Waals surface area contributed by atoms with E-state index in [0.717, 1.165) is 12.8 Å². The Kier molecular flexibility index (Phi) is 6.48. The van der Waals surface area contributed by atoms with Crippen LogP contribution < -0.4 is 11.1 Å². The molecule has 3 N–H and O–H groups in total. The summed E-state index contributed by atoms with van der Waals surface area (Å²) in [5, 5.41) is 2.98. The van der Waals surface area contributed by atoms with Crippen molar-refractivity contribution < 1.29 is 14.3 Å². The van der Waals surface area contributed by atoms with Crippen molar-refractivity contribution in [2.75, 3.05) is 12.4 Å². The van der Waals surface area contributed by atoms with E-state index in [1.807, 2.05) is 6.92 Å². The second kappa shape index (κ2) is 7.87. The van der Waals surface area contributed by atoms with Crippen LogP contribution in [0.1, 0.15) is 36.5 Å². The van der Waals surface area contributed by atoms with Gasteiger partial charge in [0.05, 0.1) is 29.4 Å². The maximum atomic E-state index is 11.9. The summed E-state index contributed by atoms with van der Waals surface area (Å²) in [6.45, 7) is 2.03. The standard InChI is InChI=1S/C14H19ClN2O3/c1-3-4-5-11(16)13(18)17-12-8-9(14(19)20-2)6-7-10(12)15/h6-8,11H,3-5,16H2,1-2H3,(H,17,18). The molecule has 0 radical (unpaired) electrons. The molecule has 0 bridgehead atoms. The number of hydrogen-bond acceptors (Lipinski definition) is 4. The summed E-state index contributed by atoms with van der Waals surface area (Å²) < 4.78 is 4.62. The first kappa shape index (κ1) is 16.5.